The third-order valence-electron chi connectivity index (χ3n) is 3.48. The zero-order valence-corrected chi connectivity index (χ0v) is 12.2. The summed E-state index contributed by atoms with van der Waals surface area (Å²) in [5.74, 6) is 1.81. The molecule has 0 aliphatic heterocycles. The molecule has 1 atom stereocenters. The van der Waals surface area contributed by atoms with Gasteiger partial charge < -0.3 is 14.8 Å². The van der Waals surface area contributed by atoms with E-state index in [0.29, 0.717) is 0 Å². The van der Waals surface area contributed by atoms with E-state index in [9.17, 15) is 0 Å². The van der Waals surface area contributed by atoms with Crippen LogP contribution in [-0.2, 0) is 6.42 Å². The number of likely N-dealkylation sites (N-methyl/N-ethyl adjacent to an activating group) is 1. The summed E-state index contributed by atoms with van der Waals surface area (Å²) in [5, 5.41) is 3.36. The lowest BCUT2D eigenvalue weighted by Crippen LogP contribution is -2.19. The van der Waals surface area contributed by atoms with Crippen LogP contribution in [0.2, 0.25) is 0 Å². The lowest BCUT2D eigenvalue weighted by Gasteiger charge is -2.18. The van der Waals surface area contributed by atoms with Gasteiger partial charge in [0.2, 0.25) is 0 Å². The highest BCUT2D eigenvalue weighted by molar-refractivity contribution is 5.36. The topological polar surface area (TPSA) is 30.5 Å². The highest BCUT2D eigenvalue weighted by Crippen LogP contribution is 2.25. The molecule has 0 amide bonds. The molecule has 20 heavy (non-hydrogen) atoms. The lowest BCUT2D eigenvalue weighted by atomic mass is 9.98. The van der Waals surface area contributed by atoms with E-state index in [2.05, 4.69) is 23.5 Å². The van der Waals surface area contributed by atoms with Crippen LogP contribution >= 0.6 is 0 Å². The number of ether oxygens (including phenoxy) is 2. The molecule has 0 bridgehead atoms. The summed E-state index contributed by atoms with van der Waals surface area (Å²) in [7, 11) is 5.37. The Morgan fingerprint density at radius 3 is 2.25 bits per heavy atom. The lowest BCUT2D eigenvalue weighted by molar-refractivity contribution is 0.406. The third-order valence-corrected chi connectivity index (χ3v) is 3.48. The van der Waals surface area contributed by atoms with E-state index < -0.39 is 0 Å². The Hall–Kier alpha value is -2.00. The molecule has 3 nitrogen and oxygen atoms in total. The SMILES string of the molecule is CNC(Cc1ccccc1OC)c1ccc(OC)cc1. The summed E-state index contributed by atoms with van der Waals surface area (Å²) >= 11 is 0. The van der Waals surface area contributed by atoms with Crippen molar-refractivity contribution in [3.63, 3.8) is 0 Å². The molecule has 2 aromatic rings. The number of hydrogen-bond acceptors (Lipinski definition) is 3. The molecule has 0 aromatic heterocycles. The van der Waals surface area contributed by atoms with E-state index in [0.717, 1.165) is 17.9 Å². The molecule has 1 unspecified atom stereocenters. The molecule has 1 N–H and O–H groups in total. The second kappa shape index (κ2) is 6.96. The third kappa shape index (κ3) is 3.31. The normalized spacial score (nSPS) is 11.9. The maximum Gasteiger partial charge on any atom is 0.122 e. The molecule has 0 aliphatic rings. The fraction of sp³-hybridized carbons (Fsp3) is 0.294. The van der Waals surface area contributed by atoms with E-state index in [1.54, 1.807) is 14.2 Å². The Bertz CT molecular complexity index is 537. The zero-order valence-electron chi connectivity index (χ0n) is 12.2. The van der Waals surface area contributed by atoms with Crippen molar-refractivity contribution in [1.82, 2.24) is 5.32 Å². The molecular weight excluding hydrogens is 250 g/mol. The summed E-state index contributed by atoms with van der Waals surface area (Å²) in [6.07, 6.45) is 0.882. The van der Waals surface area contributed by atoms with Gasteiger partial charge in [-0.1, -0.05) is 30.3 Å². The van der Waals surface area contributed by atoms with Crippen LogP contribution in [0.4, 0.5) is 0 Å². The molecule has 2 rings (SSSR count). The Kier molecular flexibility index (Phi) is 5.02. The molecule has 106 valence electrons. The summed E-state index contributed by atoms with van der Waals surface area (Å²) < 4.78 is 10.6. The van der Waals surface area contributed by atoms with Crippen molar-refractivity contribution >= 4 is 0 Å². The van der Waals surface area contributed by atoms with Crippen LogP contribution in [0.3, 0.4) is 0 Å². The molecule has 0 fully saturated rings. The quantitative estimate of drug-likeness (QED) is 0.875. The predicted octanol–water partition coefficient (Wildman–Crippen LogP) is 3.21. The van der Waals surface area contributed by atoms with Crippen LogP contribution < -0.4 is 14.8 Å². The molecule has 0 saturated carbocycles. The highest BCUT2D eigenvalue weighted by Gasteiger charge is 2.12. The second-order valence-corrected chi connectivity index (χ2v) is 4.63. The van der Waals surface area contributed by atoms with Crippen LogP contribution in [0, 0.1) is 0 Å². The summed E-state index contributed by atoms with van der Waals surface area (Å²) in [6.45, 7) is 0. The van der Waals surface area contributed by atoms with Gasteiger partial charge in [0.1, 0.15) is 11.5 Å². The van der Waals surface area contributed by atoms with Gasteiger partial charge in [0.25, 0.3) is 0 Å². The number of rotatable bonds is 6. The van der Waals surface area contributed by atoms with Gasteiger partial charge in [-0.3, -0.25) is 0 Å². The number of nitrogens with one attached hydrogen (secondary N) is 1. The van der Waals surface area contributed by atoms with Crippen molar-refractivity contribution in [1.29, 1.82) is 0 Å². The van der Waals surface area contributed by atoms with Gasteiger partial charge in [0, 0.05) is 6.04 Å². The first-order chi connectivity index (χ1) is 9.78. The first-order valence-electron chi connectivity index (χ1n) is 6.71. The first kappa shape index (κ1) is 14.4. The number of methoxy groups -OCH3 is 2. The minimum Gasteiger partial charge on any atom is -0.497 e. The van der Waals surface area contributed by atoms with Gasteiger partial charge in [0.15, 0.2) is 0 Å². The van der Waals surface area contributed by atoms with Crippen LogP contribution in [0.15, 0.2) is 48.5 Å². The van der Waals surface area contributed by atoms with Crippen LogP contribution in [0.5, 0.6) is 11.5 Å². The summed E-state index contributed by atoms with van der Waals surface area (Å²) in [6, 6.07) is 16.5. The van der Waals surface area contributed by atoms with E-state index >= 15 is 0 Å². The van der Waals surface area contributed by atoms with Gasteiger partial charge in [-0.25, -0.2) is 0 Å². The van der Waals surface area contributed by atoms with E-state index in [-0.39, 0.29) is 6.04 Å². The van der Waals surface area contributed by atoms with Gasteiger partial charge in [-0.05, 0) is 42.8 Å². The largest absolute Gasteiger partial charge is 0.497 e. The summed E-state index contributed by atoms with van der Waals surface area (Å²) in [5.41, 5.74) is 2.43. The fourth-order valence-corrected chi connectivity index (χ4v) is 2.31. The summed E-state index contributed by atoms with van der Waals surface area (Å²) in [4.78, 5) is 0. The maximum absolute atomic E-state index is 5.42. The van der Waals surface area contributed by atoms with Crippen molar-refractivity contribution in [3.8, 4) is 11.5 Å². The fourth-order valence-electron chi connectivity index (χ4n) is 2.31. The van der Waals surface area contributed by atoms with Gasteiger partial charge in [-0.15, -0.1) is 0 Å². The average molecular weight is 271 g/mol. The second-order valence-electron chi connectivity index (χ2n) is 4.63. The Balaban J connectivity index is 2.19. The number of hydrogen-bond donors (Lipinski definition) is 1. The van der Waals surface area contributed by atoms with Crippen LogP contribution in [0.25, 0.3) is 0 Å². The van der Waals surface area contributed by atoms with Crippen LogP contribution in [-0.4, -0.2) is 21.3 Å². The van der Waals surface area contributed by atoms with Crippen LogP contribution in [0.1, 0.15) is 17.2 Å². The Morgan fingerprint density at radius 1 is 0.950 bits per heavy atom. The van der Waals surface area contributed by atoms with Crippen molar-refractivity contribution in [2.45, 2.75) is 12.5 Å². The van der Waals surface area contributed by atoms with E-state index in [1.807, 2.05) is 37.4 Å². The minimum absolute atomic E-state index is 0.247. The first-order valence-corrected chi connectivity index (χ1v) is 6.71. The molecule has 0 spiro atoms. The van der Waals surface area contributed by atoms with Gasteiger partial charge in [0.05, 0.1) is 14.2 Å². The van der Waals surface area contributed by atoms with Gasteiger partial charge in [-0.2, -0.15) is 0 Å². The standard InChI is InChI=1S/C17H21NO2/c1-18-16(13-8-10-15(19-2)11-9-13)12-14-6-4-5-7-17(14)20-3/h4-11,16,18H,12H2,1-3H3. The molecule has 3 heteroatoms. The molecule has 0 saturated heterocycles. The minimum atomic E-state index is 0.247. The molecule has 0 heterocycles. The highest BCUT2D eigenvalue weighted by atomic mass is 16.5. The van der Waals surface area contributed by atoms with Crippen molar-refractivity contribution in [2.24, 2.45) is 0 Å². The molecule has 2 aromatic carbocycles. The van der Waals surface area contributed by atoms with E-state index in [1.165, 1.54) is 11.1 Å². The average Bonchev–Trinajstić information content (AvgIpc) is 2.53. The van der Waals surface area contributed by atoms with Crippen molar-refractivity contribution in [3.05, 3.63) is 59.7 Å². The Morgan fingerprint density at radius 2 is 1.65 bits per heavy atom. The van der Waals surface area contributed by atoms with Crippen molar-refractivity contribution < 1.29 is 9.47 Å². The number of para-hydroxylation sites is 1. The molecular formula is C17H21NO2. The molecule has 0 aliphatic carbocycles. The zero-order chi connectivity index (χ0) is 14.4. The number of benzene rings is 2. The van der Waals surface area contributed by atoms with Gasteiger partial charge >= 0.3 is 0 Å². The smallest absolute Gasteiger partial charge is 0.122 e. The van der Waals surface area contributed by atoms with E-state index in [4.69, 9.17) is 9.47 Å². The molecule has 0 radical (unpaired) electrons. The van der Waals surface area contributed by atoms with Crippen molar-refractivity contribution in [2.75, 3.05) is 21.3 Å². The maximum atomic E-state index is 5.42. The predicted molar refractivity (Wildman–Crippen MR) is 81.5 cm³/mol. The monoisotopic (exact) mass is 271 g/mol. The Labute approximate surface area is 120 Å².